The third-order valence-corrected chi connectivity index (χ3v) is 7.34. The fourth-order valence-electron chi connectivity index (χ4n) is 4.73. The van der Waals surface area contributed by atoms with E-state index >= 15 is 0 Å². The number of unbranched alkanes of at least 4 members (excludes halogenated alkanes) is 2. The molecule has 2 aromatic carbocycles. The normalized spacial score (nSPS) is 10.3. The minimum absolute atomic E-state index is 0.304. The van der Waals surface area contributed by atoms with Gasteiger partial charge in [0.15, 0.2) is 0 Å². The zero-order valence-corrected chi connectivity index (χ0v) is 33.6. The van der Waals surface area contributed by atoms with Crippen molar-refractivity contribution in [2.24, 2.45) is 11.3 Å². The molecule has 0 radical (unpaired) electrons. The van der Waals surface area contributed by atoms with Crippen LogP contribution >= 0.6 is 0 Å². The second-order valence-corrected chi connectivity index (χ2v) is 14.1. The second-order valence-electron chi connectivity index (χ2n) is 14.1. The maximum Gasteiger partial charge on any atom is 0.319 e. The molecule has 0 bridgehead atoms. The summed E-state index contributed by atoms with van der Waals surface area (Å²) >= 11 is 0. The lowest BCUT2D eigenvalue weighted by molar-refractivity contribution is -0.117. The van der Waals surface area contributed by atoms with Crippen LogP contribution < -0.4 is 4.90 Å². The molecule has 0 atom stereocenters. The first-order valence-electron chi connectivity index (χ1n) is 18.5. The number of rotatable bonds is 14. The minimum Gasteiger partial charge on any atom is -0.300 e. The van der Waals surface area contributed by atoms with Crippen LogP contribution in [0.5, 0.6) is 0 Å². The quantitative estimate of drug-likeness (QED) is 0.147. The molecule has 2 rings (SSSR count). The highest BCUT2D eigenvalue weighted by molar-refractivity contribution is 5.79. The van der Waals surface area contributed by atoms with Gasteiger partial charge in [-0.1, -0.05) is 168 Å². The van der Waals surface area contributed by atoms with E-state index in [9.17, 15) is 13.6 Å². The molecule has 4 heteroatoms. The van der Waals surface area contributed by atoms with Gasteiger partial charge in [0.25, 0.3) is 0 Å². The Morgan fingerprint density at radius 2 is 1.25 bits per heavy atom. The first-order chi connectivity index (χ1) is 22.4. The molecule has 0 saturated heterocycles. The molecule has 2 aromatic rings. The first-order valence-corrected chi connectivity index (χ1v) is 18.5. The van der Waals surface area contributed by atoms with Crippen molar-refractivity contribution in [1.29, 1.82) is 0 Å². The van der Waals surface area contributed by atoms with Gasteiger partial charge in [-0.3, -0.25) is 4.90 Å². The average molecular weight is 672 g/mol. The third-order valence-electron chi connectivity index (χ3n) is 7.34. The molecule has 48 heavy (non-hydrogen) atoms. The second kappa shape index (κ2) is 30.3. The van der Waals surface area contributed by atoms with Crippen LogP contribution in [0, 0.1) is 25.2 Å². The fraction of sp³-hybridized carbons (Fsp3) is 0.614. The molecule has 0 aliphatic heterocycles. The lowest BCUT2D eigenvalue weighted by Gasteiger charge is -2.27. The molecule has 0 aliphatic carbocycles. The Balaban J connectivity index is -0.000000615. The number of para-hydroxylation sites is 1. The van der Waals surface area contributed by atoms with Gasteiger partial charge in [-0.15, -0.1) is 6.58 Å². The van der Waals surface area contributed by atoms with Gasteiger partial charge in [0, 0.05) is 17.8 Å². The molecule has 0 fully saturated rings. The zero-order chi connectivity index (χ0) is 37.7. The number of aryl methyl sites for hydroxylation is 2. The summed E-state index contributed by atoms with van der Waals surface area (Å²) in [7, 11) is 0. The van der Waals surface area contributed by atoms with Gasteiger partial charge in [0.2, 0.25) is 0 Å². The third kappa shape index (κ3) is 28.3. The summed E-state index contributed by atoms with van der Waals surface area (Å²) < 4.78 is 26.9. The Morgan fingerprint density at radius 1 is 0.750 bits per heavy atom. The van der Waals surface area contributed by atoms with Gasteiger partial charge in [0.05, 0.1) is 0 Å². The molecule has 0 unspecified atom stereocenters. The van der Waals surface area contributed by atoms with Crippen molar-refractivity contribution in [2.45, 2.75) is 167 Å². The van der Waals surface area contributed by atoms with Crippen molar-refractivity contribution in [3.8, 4) is 0 Å². The molecule has 0 spiro atoms. The summed E-state index contributed by atoms with van der Waals surface area (Å²) in [6.07, 6.45) is 13.4. The molecule has 276 valence electrons. The van der Waals surface area contributed by atoms with Gasteiger partial charge in [0.1, 0.15) is 5.78 Å². The number of halogens is 2. The van der Waals surface area contributed by atoms with Gasteiger partial charge in [-0.05, 0) is 75.1 Å². The Labute approximate surface area is 297 Å². The molecular formula is C44H75F2NO. The molecule has 0 amide bonds. The Hall–Kier alpha value is -2.75. The molecule has 0 saturated carbocycles. The van der Waals surface area contributed by atoms with Crippen molar-refractivity contribution < 1.29 is 13.6 Å². The number of hydrogen-bond donors (Lipinski definition) is 0. The zero-order valence-electron chi connectivity index (χ0n) is 33.6. The van der Waals surface area contributed by atoms with Gasteiger partial charge in [-0.25, -0.2) is 0 Å². The van der Waals surface area contributed by atoms with Crippen LogP contribution in [0.4, 0.5) is 14.5 Å². The van der Waals surface area contributed by atoms with Crippen LogP contribution in [0.1, 0.15) is 163 Å². The first kappa shape index (κ1) is 49.6. The summed E-state index contributed by atoms with van der Waals surface area (Å²) in [5, 5.41) is 0. The lowest BCUT2D eigenvalue weighted by atomic mass is 9.89. The van der Waals surface area contributed by atoms with Crippen LogP contribution in [0.2, 0.25) is 0 Å². The number of carbonyl (C=O) groups is 1. The summed E-state index contributed by atoms with van der Waals surface area (Å²) in [5.41, 5.74) is 4.99. The Bertz CT molecular complexity index is 1090. The monoisotopic (exact) mass is 672 g/mol. The number of anilines is 1. The Morgan fingerprint density at radius 3 is 1.58 bits per heavy atom. The fourth-order valence-corrected chi connectivity index (χ4v) is 4.73. The van der Waals surface area contributed by atoms with Crippen LogP contribution in [-0.2, 0) is 4.79 Å². The number of carbonyl (C=O) groups excluding carboxylic acids is 1. The van der Waals surface area contributed by atoms with E-state index in [0.717, 1.165) is 41.2 Å². The number of Topliss-reactive ketones (excluding diaryl/α,β-unsaturated/α-hetero) is 1. The van der Waals surface area contributed by atoms with Crippen molar-refractivity contribution in [1.82, 2.24) is 0 Å². The molecule has 2 nitrogen and oxygen atoms in total. The van der Waals surface area contributed by atoms with E-state index in [2.05, 4.69) is 82.4 Å². The van der Waals surface area contributed by atoms with Crippen molar-refractivity contribution in [3.63, 3.8) is 0 Å². The maximum absolute atomic E-state index is 13.5. The minimum atomic E-state index is -2.64. The predicted octanol–water partition coefficient (Wildman–Crippen LogP) is 15.2. The summed E-state index contributed by atoms with van der Waals surface area (Å²) in [5.74, 6) is 1.14. The van der Waals surface area contributed by atoms with Crippen LogP contribution in [0.25, 0.3) is 5.70 Å². The molecule has 0 aliphatic rings. The predicted molar refractivity (Wildman–Crippen MR) is 213 cm³/mol. The average Bonchev–Trinajstić information content (AvgIpc) is 3.00. The van der Waals surface area contributed by atoms with E-state index in [4.69, 9.17) is 0 Å². The molecule has 0 N–H and O–H groups in total. The number of nitrogens with zero attached hydrogens (tertiary/aromatic N) is 1. The van der Waals surface area contributed by atoms with E-state index < -0.39 is 6.55 Å². The Kier molecular flexibility index (Phi) is 31.4. The number of benzene rings is 2. The largest absolute Gasteiger partial charge is 0.319 e. The smallest absolute Gasteiger partial charge is 0.300 e. The van der Waals surface area contributed by atoms with E-state index in [1.54, 1.807) is 25.1 Å². The summed E-state index contributed by atoms with van der Waals surface area (Å²) in [6, 6.07) is 14.5. The van der Waals surface area contributed by atoms with Gasteiger partial charge < -0.3 is 4.79 Å². The standard InChI is InChI=1S/C17H17F2N.C11H22O.C8H16.2C4H10/c1-12-7-6-9-15(11-12)14(3)20(17(18)19)16-10-5-4-8-13(16)2;1-4-6-11(7-5-2)9-8-10(3)12;1-7(2)6-8(3,4)5;2*1-3-4-2/h4-11,17H,3H2,1-2H3;11H,4-9H2,1-3H3;1,6H2,2-5H3;2*3-4H2,1-2H3. The number of ketones is 1. The number of alkyl halides is 2. The molecule has 0 aromatic heterocycles. The van der Waals surface area contributed by atoms with Gasteiger partial charge in [-0.2, -0.15) is 8.78 Å². The highest BCUT2D eigenvalue weighted by Crippen LogP contribution is 2.31. The van der Waals surface area contributed by atoms with Crippen LogP contribution in [0.3, 0.4) is 0 Å². The lowest BCUT2D eigenvalue weighted by Crippen LogP contribution is -2.27. The van der Waals surface area contributed by atoms with E-state index in [0.29, 0.717) is 28.1 Å². The van der Waals surface area contributed by atoms with Crippen LogP contribution in [-0.4, -0.2) is 12.3 Å². The van der Waals surface area contributed by atoms with Crippen molar-refractivity contribution in [3.05, 3.63) is 84.0 Å². The highest BCUT2D eigenvalue weighted by atomic mass is 19.3. The molecular weight excluding hydrogens is 596 g/mol. The summed E-state index contributed by atoms with van der Waals surface area (Å²) in [4.78, 5) is 11.7. The van der Waals surface area contributed by atoms with E-state index in [1.165, 1.54) is 56.9 Å². The highest BCUT2D eigenvalue weighted by Gasteiger charge is 2.22. The van der Waals surface area contributed by atoms with Crippen LogP contribution in [0.15, 0.2) is 67.3 Å². The molecule has 0 heterocycles. The summed E-state index contributed by atoms with van der Waals surface area (Å²) in [6.45, 7) is 32.4. The maximum atomic E-state index is 13.5. The van der Waals surface area contributed by atoms with Crippen molar-refractivity contribution >= 4 is 17.2 Å². The topological polar surface area (TPSA) is 20.3 Å². The van der Waals surface area contributed by atoms with E-state index in [-0.39, 0.29) is 0 Å². The SMILES string of the molecule is C=C(C)CC(C)(C)C.C=C(c1cccc(C)c1)N(c1ccccc1C)C(F)F.CCCC.CCCC.CCCC(CCC)CCC(C)=O. The van der Waals surface area contributed by atoms with Crippen molar-refractivity contribution in [2.75, 3.05) is 4.90 Å². The van der Waals surface area contributed by atoms with Gasteiger partial charge >= 0.3 is 6.55 Å². The number of allylic oxidation sites excluding steroid dienone is 1. The number of hydrogen-bond acceptors (Lipinski definition) is 2. The van der Waals surface area contributed by atoms with E-state index in [1.807, 2.05) is 44.2 Å².